The van der Waals surface area contributed by atoms with Gasteiger partial charge in [-0.1, -0.05) is 0 Å². The summed E-state index contributed by atoms with van der Waals surface area (Å²) in [6, 6.07) is 0. The first kappa shape index (κ1) is 26.0. The van der Waals surface area contributed by atoms with Gasteiger partial charge >= 0.3 is 17.6 Å². The quantitative estimate of drug-likeness (QED) is 0.327. The van der Waals surface area contributed by atoms with E-state index in [0.717, 1.165) is 4.99 Å². The van der Waals surface area contributed by atoms with Crippen molar-refractivity contribution in [2.45, 2.75) is 20.8 Å². The number of hydrogen-bond donors (Lipinski definition) is 0. The molecule has 0 aromatic rings. The van der Waals surface area contributed by atoms with Crippen molar-refractivity contribution in [3.8, 4) is 0 Å². The standard InChI is InChI=1S/C7H16O5SSi.C4H10O4SSi/c1-4-10-14(11-5-2,12-6-3)7-13(8)9;1-6-10(7-2,8-3)4-9-5/h7H,4-6H2,1-3H3;4H,1-3H3. The highest BCUT2D eigenvalue weighted by Crippen LogP contribution is 2.06. The minimum absolute atomic E-state index is 0.294. The van der Waals surface area contributed by atoms with Crippen LogP contribution in [0.2, 0.25) is 0 Å². The van der Waals surface area contributed by atoms with Crippen molar-refractivity contribution in [1.29, 1.82) is 0 Å². The molecule has 0 aromatic heterocycles. The third kappa shape index (κ3) is 10.6. The summed E-state index contributed by atoms with van der Waals surface area (Å²) < 4.78 is 61.7. The zero-order valence-corrected chi connectivity index (χ0v) is 18.4. The van der Waals surface area contributed by atoms with Gasteiger partial charge in [-0.25, -0.2) is 4.21 Å². The Bertz CT molecular complexity index is 468. The molecule has 0 bridgehead atoms. The Morgan fingerprint density at radius 2 is 1.21 bits per heavy atom. The van der Waals surface area contributed by atoms with Gasteiger partial charge in [0.15, 0.2) is 0 Å². The SMILES string of the molecule is CCO[Si](C=S(=O)=O)(OCC)OCC.CO[Si](C=S=O)(OC)OC. The lowest BCUT2D eigenvalue weighted by Crippen LogP contribution is -2.48. The van der Waals surface area contributed by atoms with Crippen LogP contribution in [0.5, 0.6) is 0 Å². The molecule has 0 aromatic carbocycles. The van der Waals surface area contributed by atoms with Crippen molar-refractivity contribution in [1.82, 2.24) is 0 Å². The van der Waals surface area contributed by atoms with Crippen LogP contribution >= 0.6 is 0 Å². The van der Waals surface area contributed by atoms with E-state index in [0.29, 0.717) is 31.1 Å². The molecule has 0 aliphatic carbocycles. The third-order valence-electron chi connectivity index (χ3n) is 2.32. The van der Waals surface area contributed by atoms with Crippen LogP contribution in [0.25, 0.3) is 0 Å². The van der Waals surface area contributed by atoms with Gasteiger partial charge < -0.3 is 26.6 Å². The van der Waals surface area contributed by atoms with Gasteiger partial charge in [0.1, 0.15) is 4.99 Å². The van der Waals surface area contributed by atoms with Gasteiger partial charge in [0.2, 0.25) is 10.3 Å². The summed E-state index contributed by atoms with van der Waals surface area (Å²) in [4.78, 5) is 2.32. The lowest BCUT2D eigenvalue weighted by molar-refractivity contribution is 0.0918. The van der Waals surface area contributed by atoms with E-state index in [9.17, 15) is 12.6 Å². The largest absolute Gasteiger partial charge is 0.545 e. The van der Waals surface area contributed by atoms with Crippen LogP contribution in [0.3, 0.4) is 0 Å². The average Bonchev–Trinajstić information content (AvgIpc) is 2.53. The molecule has 0 rings (SSSR count). The Morgan fingerprint density at radius 3 is 1.38 bits per heavy atom. The van der Waals surface area contributed by atoms with Crippen LogP contribution < -0.4 is 0 Å². The van der Waals surface area contributed by atoms with Gasteiger partial charge in [-0.05, 0) is 20.8 Å². The first-order chi connectivity index (χ1) is 11.3. The molecule has 9 nitrogen and oxygen atoms in total. The predicted molar refractivity (Wildman–Crippen MR) is 96.6 cm³/mol. The van der Waals surface area contributed by atoms with Crippen molar-refractivity contribution in [2.24, 2.45) is 0 Å². The fraction of sp³-hybridized carbons (Fsp3) is 0.818. The summed E-state index contributed by atoms with van der Waals surface area (Å²) in [5, 5.41) is 0. The van der Waals surface area contributed by atoms with E-state index < -0.39 is 27.9 Å². The second kappa shape index (κ2) is 15.1. The van der Waals surface area contributed by atoms with E-state index in [2.05, 4.69) is 0 Å². The summed E-state index contributed by atoms with van der Waals surface area (Å²) in [6.45, 7) is 6.38. The van der Waals surface area contributed by atoms with Gasteiger partial charge in [0.05, 0.1) is 16.2 Å². The van der Waals surface area contributed by atoms with Crippen LogP contribution in [0, 0.1) is 0 Å². The zero-order chi connectivity index (χ0) is 19.1. The molecule has 0 fully saturated rings. The molecule has 0 spiro atoms. The van der Waals surface area contributed by atoms with E-state index in [-0.39, 0.29) is 0 Å². The molecule has 0 N–H and O–H groups in total. The lowest BCUT2D eigenvalue weighted by atomic mass is 10.9. The van der Waals surface area contributed by atoms with Gasteiger partial charge in [-0.15, -0.1) is 0 Å². The monoisotopic (exact) mass is 422 g/mol. The fourth-order valence-corrected chi connectivity index (χ4v) is 6.74. The topological polar surface area (TPSA) is 107 Å². The molecule has 24 heavy (non-hydrogen) atoms. The minimum atomic E-state index is -3.10. The summed E-state index contributed by atoms with van der Waals surface area (Å²) in [6.07, 6.45) is 0. The molecule has 0 unspecified atom stereocenters. The normalized spacial score (nSPS) is 11.2. The van der Waals surface area contributed by atoms with Crippen LogP contribution in [0.15, 0.2) is 0 Å². The van der Waals surface area contributed by atoms with Crippen molar-refractivity contribution in [2.75, 3.05) is 41.2 Å². The zero-order valence-electron chi connectivity index (χ0n) is 14.8. The van der Waals surface area contributed by atoms with Crippen molar-refractivity contribution >= 4 is 49.1 Å². The first-order valence-electron chi connectivity index (χ1n) is 6.99. The minimum Gasteiger partial charge on any atom is -0.373 e. The van der Waals surface area contributed by atoms with Gasteiger partial charge in [-0.2, -0.15) is 8.42 Å². The van der Waals surface area contributed by atoms with E-state index in [4.69, 9.17) is 26.6 Å². The Kier molecular flexibility index (Phi) is 16.3. The Morgan fingerprint density at radius 1 is 0.833 bits per heavy atom. The summed E-state index contributed by atoms with van der Waals surface area (Å²) >= 11 is 0.294. The second-order valence-electron chi connectivity index (χ2n) is 3.71. The number of rotatable bonds is 11. The molecule has 0 aliphatic rings. The smallest absolute Gasteiger partial charge is 0.373 e. The maximum atomic E-state index is 10.6. The summed E-state index contributed by atoms with van der Waals surface area (Å²) in [5.41, 5.74) is 0. The molecule has 144 valence electrons. The van der Waals surface area contributed by atoms with Crippen molar-refractivity contribution in [3.05, 3.63) is 0 Å². The second-order valence-corrected chi connectivity index (χ2v) is 10.8. The first-order valence-corrected chi connectivity index (χ1v) is 12.5. The van der Waals surface area contributed by atoms with E-state index in [1.165, 1.54) is 26.3 Å². The third-order valence-corrected chi connectivity index (χ3v) is 9.57. The molecule has 0 heterocycles. The van der Waals surface area contributed by atoms with Crippen LogP contribution in [-0.4, -0.2) is 81.4 Å². The van der Waals surface area contributed by atoms with Gasteiger partial charge in [0, 0.05) is 41.2 Å². The summed E-state index contributed by atoms with van der Waals surface area (Å²) in [5.74, 6) is 0. The van der Waals surface area contributed by atoms with Crippen LogP contribution in [0.1, 0.15) is 20.8 Å². The highest BCUT2D eigenvalue weighted by molar-refractivity contribution is 7.75. The summed E-state index contributed by atoms with van der Waals surface area (Å²) in [7, 11) is -3.76. The molecule has 0 amide bonds. The van der Waals surface area contributed by atoms with E-state index in [1.807, 2.05) is 0 Å². The molecular weight excluding hydrogens is 396 g/mol. The molecule has 0 saturated heterocycles. The molecule has 0 aliphatic heterocycles. The average molecular weight is 423 g/mol. The maximum Gasteiger partial charge on any atom is 0.545 e. The number of hydrogen-bond acceptors (Lipinski definition) is 9. The van der Waals surface area contributed by atoms with Gasteiger partial charge in [-0.3, -0.25) is 0 Å². The molecule has 0 saturated carbocycles. The Hall–Kier alpha value is -0.226. The highest BCUT2D eigenvalue weighted by atomic mass is 32.2. The fourth-order valence-electron chi connectivity index (χ4n) is 1.40. The molecular formula is C11H26O9S2Si2. The van der Waals surface area contributed by atoms with Crippen LogP contribution in [0.4, 0.5) is 0 Å². The Balaban J connectivity index is 0. The van der Waals surface area contributed by atoms with E-state index >= 15 is 0 Å². The molecule has 13 heteroatoms. The van der Waals surface area contributed by atoms with Crippen molar-refractivity contribution < 1.29 is 39.2 Å². The molecule has 0 atom stereocenters. The van der Waals surface area contributed by atoms with Crippen molar-refractivity contribution in [3.63, 3.8) is 0 Å². The molecule has 0 radical (unpaired) electrons. The lowest BCUT2D eigenvalue weighted by Gasteiger charge is -2.23. The Labute approximate surface area is 150 Å². The van der Waals surface area contributed by atoms with E-state index in [1.54, 1.807) is 20.8 Å². The maximum absolute atomic E-state index is 10.6. The van der Waals surface area contributed by atoms with Gasteiger partial charge in [0.25, 0.3) is 0 Å². The predicted octanol–water partition coefficient (Wildman–Crippen LogP) is -0.326. The highest BCUT2D eigenvalue weighted by Gasteiger charge is 2.39. The van der Waals surface area contributed by atoms with Crippen LogP contribution in [-0.2, 0) is 48.1 Å².